The number of allylic oxidation sites excluding steroid dienone is 4. The van der Waals surface area contributed by atoms with Gasteiger partial charge in [0.25, 0.3) is 5.79 Å². The van der Waals surface area contributed by atoms with E-state index in [1.165, 1.54) is 77.0 Å². The molecule has 5 atom stereocenters. The number of unbranched alkanes of at least 4 members (excludes halogenated alkanes) is 22. The van der Waals surface area contributed by atoms with Crippen LogP contribution in [0.5, 0.6) is 0 Å². The Labute approximate surface area is 316 Å². The lowest BCUT2D eigenvalue weighted by Crippen LogP contribution is -2.62. The molecule has 10 nitrogen and oxygen atoms in total. The predicted molar refractivity (Wildman–Crippen MR) is 207 cm³/mol. The second-order valence-electron chi connectivity index (χ2n) is 14.4. The van der Waals surface area contributed by atoms with Crippen LogP contribution in [0.25, 0.3) is 0 Å². The molecule has 0 saturated carbocycles. The van der Waals surface area contributed by atoms with Gasteiger partial charge in [0, 0.05) is 12.8 Å². The molecule has 0 amide bonds. The summed E-state index contributed by atoms with van der Waals surface area (Å²) in [6.45, 7) is 3.33. The van der Waals surface area contributed by atoms with Crippen molar-refractivity contribution < 1.29 is 49.7 Å². The number of carbonyl (C=O) groups excluding carboxylic acids is 2. The van der Waals surface area contributed by atoms with Gasteiger partial charge in [0.1, 0.15) is 12.2 Å². The number of hydrogen-bond acceptors (Lipinski definition) is 10. The molecule has 0 heterocycles. The summed E-state index contributed by atoms with van der Waals surface area (Å²) in [5.74, 6) is -4.93. The van der Waals surface area contributed by atoms with Gasteiger partial charge in [0.2, 0.25) is 6.29 Å². The van der Waals surface area contributed by atoms with Gasteiger partial charge in [-0.15, -0.1) is 0 Å². The van der Waals surface area contributed by atoms with Crippen LogP contribution >= 0.6 is 0 Å². The summed E-state index contributed by atoms with van der Waals surface area (Å²) in [6.07, 6.45) is 27.9. The van der Waals surface area contributed by atoms with Crippen molar-refractivity contribution in [3.8, 4) is 0 Å². The van der Waals surface area contributed by atoms with Crippen molar-refractivity contribution in [2.24, 2.45) is 0 Å². The van der Waals surface area contributed by atoms with Gasteiger partial charge in [-0.3, -0.25) is 9.59 Å². The van der Waals surface area contributed by atoms with Crippen molar-refractivity contribution in [3.63, 3.8) is 0 Å². The number of rotatable bonds is 37. The van der Waals surface area contributed by atoms with Crippen LogP contribution in [0.1, 0.15) is 194 Å². The highest BCUT2D eigenvalue weighted by Gasteiger charge is 2.52. The second kappa shape index (κ2) is 34.9. The van der Waals surface area contributed by atoms with Crippen molar-refractivity contribution in [2.75, 3.05) is 6.61 Å². The van der Waals surface area contributed by atoms with E-state index in [2.05, 4.69) is 38.2 Å². The molecule has 0 rings (SSSR count). The van der Waals surface area contributed by atoms with Gasteiger partial charge >= 0.3 is 11.9 Å². The first kappa shape index (κ1) is 50.2. The lowest BCUT2D eigenvalue weighted by Gasteiger charge is -2.38. The molecule has 52 heavy (non-hydrogen) atoms. The third-order valence-electron chi connectivity index (χ3n) is 9.50. The van der Waals surface area contributed by atoms with Gasteiger partial charge in [-0.05, 0) is 64.2 Å². The van der Waals surface area contributed by atoms with E-state index in [1.54, 1.807) is 0 Å². The zero-order valence-electron chi connectivity index (χ0n) is 32.9. The summed E-state index contributed by atoms with van der Waals surface area (Å²) in [6, 6.07) is 0. The number of aliphatic hydroxyl groups is 6. The molecule has 1 unspecified atom stereocenters. The molecule has 6 N–H and O–H groups in total. The third-order valence-corrected chi connectivity index (χ3v) is 9.50. The van der Waals surface area contributed by atoms with Crippen LogP contribution in [0.3, 0.4) is 0 Å². The smallest absolute Gasteiger partial charge is 0.308 e. The van der Waals surface area contributed by atoms with E-state index in [-0.39, 0.29) is 12.8 Å². The topological polar surface area (TPSA) is 174 Å². The number of esters is 2. The van der Waals surface area contributed by atoms with E-state index >= 15 is 0 Å². The normalized spacial score (nSPS) is 15.5. The maximum absolute atomic E-state index is 12.5. The fraction of sp³-hybridized carbons (Fsp3) is 0.857. The average molecular weight is 743 g/mol. The highest BCUT2D eigenvalue weighted by Crippen LogP contribution is 2.24. The quantitative estimate of drug-likeness (QED) is 0.0158. The Kier molecular flexibility index (Phi) is 33.7. The zero-order valence-corrected chi connectivity index (χ0v) is 32.9. The SMILES string of the molecule is CCCCCCCC/C=C\CCCCCCCC(=O)OC(O)[C@H](O)[C@@H](O)[C@](O)(OC(=O)CCCCCCC/C=C\CCCCCCCC)[C@@H](O)CO. The molecule has 10 heteroatoms. The molecule has 0 aromatic heterocycles. The van der Waals surface area contributed by atoms with Crippen LogP contribution in [0.4, 0.5) is 0 Å². The minimum atomic E-state index is -3.15. The molecule has 0 spiro atoms. The summed E-state index contributed by atoms with van der Waals surface area (Å²) < 4.78 is 9.76. The molecule has 0 aliphatic heterocycles. The Morgan fingerprint density at radius 3 is 1.27 bits per heavy atom. The molecular formula is C42H78O10. The van der Waals surface area contributed by atoms with E-state index in [4.69, 9.17) is 9.47 Å². The number of carbonyl (C=O) groups is 2. The Morgan fingerprint density at radius 1 is 0.538 bits per heavy atom. The molecule has 0 aliphatic carbocycles. The monoisotopic (exact) mass is 743 g/mol. The summed E-state index contributed by atoms with van der Waals surface area (Å²) in [4.78, 5) is 24.7. The fourth-order valence-electron chi connectivity index (χ4n) is 6.03. The second-order valence-corrected chi connectivity index (χ2v) is 14.4. The van der Waals surface area contributed by atoms with Gasteiger partial charge in [0.05, 0.1) is 6.61 Å². The lowest BCUT2D eigenvalue weighted by molar-refractivity contribution is -0.318. The predicted octanol–water partition coefficient (Wildman–Crippen LogP) is 8.23. The summed E-state index contributed by atoms with van der Waals surface area (Å²) in [5, 5.41) is 61.6. The molecule has 0 fully saturated rings. The van der Waals surface area contributed by atoms with Gasteiger partial charge < -0.3 is 40.1 Å². The molecule has 0 radical (unpaired) electrons. The molecule has 0 saturated heterocycles. The minimum absolute atomic E-state index is 0.0213. The lowest BCUT2D eigenvalue weighted by atomic mass is 9.98. The van der Waals surface area contributed by atoms with Crippen molar-refractivity contribution in [1.82, 2.24) is 0 Å². The Bertz CT molecular complexity index is 894. The van der Waals surface area contributed by atoms with Gasteiger partial charge in [-0.25, -0.2) is 0 Å². The number of ether oxygens (including phenoxy) is 2. The van der Waals surface area contributed by atoms with Gasteiger partial charge in [-0.2, -0.15) is 0 Å². The van der Waals surface area contributed by atoms with E-state index in [0.717, 1.165) is 77.0 Å². The molecule has 0 aromatic rings. The van der Waals surface area contributed by atoms with Crippen LogP contribution in [0, 0.1) is 0 Å². The van der Waals surface area contributed by atoms with Crippen LogP contribution < -0.4 is 0 Å². The van der Waals surface area contributed by atoms with E-state index in [9.17, 15) is 40.2 Å². The van der Waals surface area contributed by atoms with E-state index < -0.39 is 48.9 Å². The van der Waals surface area contributed by atoms with E-state index in [0.29, 0.717) is 12.8 Å². The standard InChI is InChI=1S/C42H78O10/c1-3-5-7-9-11-13-15-17-19-21-23-25-27-29-31-33-37(45)51-41(49)39(47)40(48)42(50,36(44)35-43)52-38(46)34-32-30-28-26-24-22-20-18-16-14-12-10-8-6-4-2/h17-20,36,39-41,43-44,47-50H,3-16,21-35H2,1-2H3/b19-17-,20-18-/t36-,39+,40+,41?,42+/m0/s1. The summed E-state index contributed by atoms with van der Waals surface area (Å²) >= 11 is 0. The number of hydrogen-bond donors (Lipinski definition) is 6. The molecular weight excluding hydrogens is 664 g/mol. The van der Waals surface area contributed by atoms with Crippen molar-refractivity contribution in [3.05, 3.63) is 24.3 Å². The van der Waals surface area contributed by atoms with Crippen molar-refractivity contribution in [2.45, 2.75) is 224 Å². The highest BCUT2D eigenvalue weighted by molar-refractivity contribution is 5.70. The van der Waals surface area contributed by atoms with Gasteiger partial charge in [-0.1, -0.05) is 141 Å². The van der Waals surface area contributed by atoms with Gasteiger partial charge in [0.15, 0.2) is 6.10 Å². The van der Waals surface area contributed by atoms with E-state index in [1.807, 2.05) is 0 Å². The summed E-state index contributed by atoms with van der Waals surface area (Å²) in [5.41, 5.74) is 0. The zero-order chi connectivity index (χ0) is 38.7. The minimum Gasteiger partial charge on any atom is -0.433 e. The molecule has 0 bridgehead atoms. The Morgan fingerprint density at radius 2 is 0.885 bits per heavy atom. The number of aliphatic hydroxyl groups excluding tert-OH is 5. The average Bonchev–Trinajstić information content (AvgIpc) is 3.13. The van der Waals surface area contributed by atoms with Crippen molar-refractivity contribution in [1.29, 1.82) is 0 Å². The van der Waals surface area contributed by atoms with Crippen LogP contribution in [0.15, 0.2) is 24.3 Å². The maximum Gasteiger partial charge on any atom is 0.308 e. The van der Waals surface area contributed by atoms with Crippen LogP contribution in [0.2, 0.25) is 0 Å². The molecule has 306 valence electrons. The first-order chi connectivity index (χ1) is 25.1. The Balaban J connectivity index is 4.28. The van der Waals surface area contributed by atoms with Crippen LogP contribution in [-0.2, 0) is 19.1 Å². The van der Waals surface area contributed by atoms with Crippen LogP contribution in [-0.4, -0.2) is 79.6 Å². The maximum atomic E-state index is 12.5. The Hall–Kier alpha value is -1.82. The first-order valence-electron chi connectivity index (χ1n) is 20.9. The largest absolute Gasteiger partial charge is 0.433 e. The fourth-order valence-corrected chi connectivity index (χ4v) is 6.03. The highest BCUT2D eigenvalue weighted by atomic mass is 16.7. The molecule has 0 aliphatic rings. The molecule has 0 aromatic carbocycles. The summed E-state index contributed by atoms with van der Waals surface area (Å²) in [7, 11) is 0. The van der Waals surface area contributed by atoms with Crippen molar-refractivity contribution >= 4 is 11.9 Å². The third kappa shape index (κ3) is 26.9. The first-order valence-corrected chi connectivity index (χ1v) is 20.9.